The van der Waals surface area contributed by atoms with Crippen LogP contribution >= 0.6 is 11.3 Å². The summed E-state index contributed by atoms with van der Waals surface area (Å²) in [4.78, 5) is 57.8. The molecule has 1 N–H and O–H groups in total. The number of imide groups is 2. The van der Waals surface area contributed by atoms with E-state index in [1.165, 1.54) is 17.4 Å². The third kappa shape index (κ3) is 6.30. The van der Waals surface area contributed by atoms with Crippen LogP contribution < -0.4 is 15.0 Å². The van der Waals surface area contributed by atoms with Crippen molar-refractivity contribution in [2.75, 3.05) is 51.0 Å². The minimum atomic E-state index is -1.10. The molecule has 0 bridgehead atoms. The molecule has 0 saturated carbocycles. The Kier molecular flexibility index (Phi) is 9.14. The Labute approximate surface area is 261 Å². The SMILES string of the molecule is O=C1CCC(N2C(=O)c3cccc(CCCOCCOc4c(-c5csc(N6CCOCC6)n5)ccc(F)c4F)c3C2=O)C(=O)N1. The Morgan fingerprint density at radius 1 is 1.00 bits per heavy atom. The molecule has 4 amide bonds. The Morgan fingerprint density at radius 3 is 2.62 bits per heavy atom. The van der Waals surface area contributed by atoms with Gasteiger partial charge in [-0.1, -0.05) is 12.1 Å². The smallest absolute Gasteiger partial charge is 0.262 e. The number of hydrogen-bond acceptors (Lipinski definition) is 10. The summed E-state index contributed by atoms with van der Waals surface area (Å²) in [5, 5.41) is 4.74. The van der Waals surface area contributed by atoms with Crippen molar-refractivity contribution in [1.29, 1.82) is 0 Å². The van der Waals surface area contributed by atoms with Crippen molar-refractivity contribution >= 4 is 40.1 Å². The monoisotopic (exact) mass is 640 g/mol. The van der Waals surface area contributed by atoms with Crippen LogP contribution in [0.4, 0.5) is 13.9 Å². The largest absolute Gasteiger partial charge is 0.487 e. The highest BCUT2D eigenvalue weighted by Crippen LogP contribution is 2.36. The predicted molar refractivity (Wildman–Crippen MR) is 158 cm³/mol. The number of carbonyl (C=O) groups is 4. The first kappa shape index (κ1) is 30.7. The van der Waals surface area contributed by atoms with E-state index in [-0.39, 0.29) is 49.5 Å². The molecule has 14 heteroatoms. The Bertz CT molecular complexity index is 1640. The maximum absolute atomic E-state index is 14.8. The lowest BCUT2D eigenvalue weighted by Gasteiger charge is -2.27. The van der Waals surface area contributed by atoms with Gasteiger partial charge in [0, 0.05) is 37.1 Å². The third-order valence-corrected chi connectivity index (χ3v) is 8.76. The summed E-state index contributed by atoms with van der Waals surface area (Å²) in [6.45, 7) is 2.94. The fourth-order valence-corrected chi connectivity index (χ4v) is 6.50. The molecule has 4 heterocycles. The number of anilines is 1. The molecule has 0 aliphatic carbocycles. The van der Waals surface area contributed by atoms with Gasteiger partial charge in [0.25, 0.3) is 11.8 Å². The summed E-state index contributed by atoms with van der Waals surface area (Å²) in [6.07, 6.45) is 1.05. The minimum absolute atomic E-state index is 0.0392. The quantitative estimate of drug-likeness (QED) is 0.248. The topological polar surface area (TPSA) is 127 Å². The predicted octanol–water partition coefficient (Wildman–Crippen LogP) is 3.35. The molecule has 0 spiro atoms. The molecule has 1 atom stereocenters. The molecule has 2 fully saturated rings. The summed E-state index contributed by atoms with van der Waals surface area (Å²) in [5.74, 6) is -4.57. The van der Waals surface area contributed by atoms with Gasteiger partial charge >= 0.3 is 0 Å². The van der Waals surface area contributed by atoms with Crippen LogP contribution in [0.15, 0.2) is 35.7 Å². The van der Waals surface area contributed by atoms with Gasteiger partial charge < -0.3 is 19.1 Å². The average molecular weight is 641 g/mol. The van der Waals surface area contributed by atoms with Gasteiger partial charge in [-0.05, 0) is 43.0 Å². The fourth-order valence-electron chi connectivity index (χ4n) is 5.63. The molecular weight excluding hydrogens is 610 g/mol. The maximum Gasteiger partial charge on any atom is 0.262 e. The van der Waals surface area contributed by atoms with Crippen molar-refractivity contribution in [1.82, 2.24) is 15.2 Å². The van der Waals surface area contributed by atoms with E-state index in [0.29, 0.717) is 56.0 Å². The first-order chi connectivity index (χ1) is 21.8. The van der Waals surface area contributed by atoms with Crippen LogP contribution in [0.3, 0.4) is 0 Å². The van der Waals surface area contributed by atoms with E-state index in [4.69, 9.17) is 14.2 Å². The van der Waals surface area contributed by atoms with E-state index in [1.54, 1.807) is 23.6 Å². The van der Waals surface area contributed by atoms with Crippen LogP contribution in [0.2, 0.25) is 0 Å². The molecule has 45 heavy (non-hydrogen) atoms. The van der Waals surface area contributed by atoms with E-state index in [2.05, 4.69) is 15.2 Å². The van der Waals surface area contributed by atoms with E-state index in [9.17, 15) is 28.0 Å². The molecule has 3 aliphatic heterocycles. The first-order valence-corrected chi connectivity index (χ1v) is 15.5. The Hall–Kier alpha value is -4.27. The number of amides is 4. The highest BCUT2D eigenvalue weighted by molar-refractivity contribution is 7.14. The number of aromatic nitrogens is 1. The molecule has 11 nitrogen and oxygen atoms in total. The maximum atomic E-state index is 14.8. The van der Waals surface area contributed by atoms with Crippen LogP contribution in [-0.2, 0) is 25.5 Å². The number of piperidine rings is 1. The minimum Gasteiger partial charge on any atom is -0.487 e. The van der Waals surface area contributed by atoms with Crippen molar-refractivity contribution in [3.63, 3.8) is 0 Å². The van der Waals surface area contributed by atoms with Gasteiger partial charge in [0.15, 0.2) is 16.7 Å². The van der Waals surface area contributed by atoms with Crippen LogP contribution in [0, 0.1) is 11.6 Å². The molecule has 2 aromatic carbocycles. The van der Waals surface area contributed by atoms with Crippen molar-refractivity contribution in [2.24, 2.45) is 0 Å². The number of hydrogen-bond donors (Lipinski definition) is 1. The summed E-state index contributed by atoms with van der Waals surface area (Å²) < 4.78 is 45.6. The number of halogens is 2. The van der Waals surface area contributed by atoms with Crippen molar-refractivity contribution in [3.8, 4) is 17.0 Å². The zero-order chi connectivity index (χ0) is 31.5. The number of ether oxygens (including phenoxy) is 3. The van der Waals surface area contributed by atoms with E-state index < -0.39 is 41.3 Å². The summed E-state index contributed by atoms with van der Waals surface area (Å²) in [7, 11) is 0. The Balaban J connectivity index is 1.02. The molecule has 1 aromatic heterocycles. The average Bonchev–Trinajstić information content (AvgIpc) is 3.63. The number of nitrogens with one attached hydrogen (secondary N) is 1. The number of aryl methyl sites for hydroxylation is 1. The number of benzene rings is 2. The van der Waals surface area contributed by atoms with Crippen molar-refractivity contribution < 1.29 is 42.2 Å². The molecule has 1 unspecified atom stereocenters. The second-order valence-electron chi connectivity index (χ2n) is 10.7. The normalized spacial score (nSPS) is 18.4. The van der Waals surface area contributed by atoms with Gasteiger partial charge in [-0.25, -0.2) is 9.37 Å². The van der Waals surface area contributed by atoms with Gasteiger partial charge in [-0.2, -0.15) is 4.39 Å². The third-order valence-electron chi connectivity index (χ3n) is 7.86. The van der Waals surface area contributed by atoms with Gasteiger partial charge in [0.2, 0.25) is 17.6 Å². The van der Waals surface area contributed by atoms with Gasteiger partial charge in [-0.15, -0.1) is 11.3 Å². The number of fused-ring (bicyclic) bond motifs is 1. The lowest BCUT2D eigenvalue weighted by atomic mass is 9.99. The second-order valence-corrected chi connectivity index (χ2v) is 11.5. The number of morpholine rings is 1. The molecule has 6 rings (SSSR count). The molecule has 2 saturated heterocycles. The van der Waals surface area contributed by atoms with Crippen LogP contribution in [0.5, 0.6) is 5.75 Å². The van der Waals surface area contributed by atoms with Crippen LogP contribution in [0.1, 0.15) is 45.5 Å². The fraction of sp³-hybridized carbons (Fsp3) is 0.387. The lowest BCUT2D eigenvalue weighted by Crippen LogP contribution is -2.54. The number of rotatable bonds is 11. The number of thiazole rings is 1. The highest BCUT2D eigenvalue weighted by Gasteiger charge is 2.45. The van der Waals surface area contributed by atoms with Crippen LogP contribution in [-0.4, -0.2) is 85.7 Å². The number of nitrogens with zero attached hydrogens (tertiary/aromatic N) is 3. The summed E-state index contributed by atoms with van der Waals surface area (Å²) in [5.41, 5.74) is 1.95. The highest BCUT2D eigenvalue weighted by atomic mass is 32.1. The first-order valence-electron chi connectivity index (χ1n) is 14.6. The summed E-state index contributed by atoms with van der Waals surface area (Å²) in [6, 6.07) is 6.44. The van der Waals surface area contributed by atoms with E-state index in [0.717, 1.165) is 16.1 Å². The second kappa shape index (κ2) is 13.4. The van der Waals surface area contributed by atoms with Crippen molar-refractivity contribution in [2.45, 2.75) is 31.7 Å². The van der Waals surface area contributed by atoms with E-state index >= 15 is 0 Å². The van der Waals surface area contributed by atoms with Gasteiger partial charge in [-0.3, -0.25) is 29.4 Å². The molecule has 236 valence electrons. The summed E-state index contributed by atoms with van der Waals surface area (Å²) >= 11 is 1.41. The molecule has 3 aliphatic rings. The molecular formula is C31H30F2N4O7S. The Morgan fingerprint density at radius 2 is 1.82 bits per heavy atom. The molecule has 3 aromatic rings. The van der Waals surface area contributed by atoms with Crippen molar-refractivity contribution in [3.05, 3.63) is 64.0 Å². The molecule has 0 radical (unpaired) electrons. The van der Waals surface area contributed by atoms with E-state index in [1.807, 2.05) is 0 Å². The number of carbonyl (C=O) groups excluding carboxylic acids is 4. The van der Waals surface area contributed by atoms with Crippen LogP contribution in [0.25, 0.3) is 11.3 Å². The van der Waals surface area contributed by atoms with Gasteiger partial charge in [0.1, 0.15) is 12.6 Å². The standard InChI is InChI=1S/C31H30F2N4O7S/c32-21-7-6-19(22-17-45-31(34-22)36-10-13-43-14-11-36)27(26(21)33)44-16-15-42-12-2-4-18-3-1-5-20-25(18)30(41)37(29(20)40)23-8-9-24(38)35-28(23)39/h1,3,5-7,17,23H,2,4,8-16H2,(H,35,38,39). The zero-order valence-corrected chi connectivity index (χ0v) is 25.0. The zero-order valence-electron chi connectivity index (χ0n) is 24.2. The lowest BCUT2D eigenvalue weighted by molar-refractivity contribution is -0.136. The van der Waals surface area contributed by atoms with Gasteiger partial charge in [0.05, 0.1) is 36.6 Å².